The van der Waals surface area contributed by atoms with Gasteiger partial charge in [-0.2, -0.15) is 0 Å². The molecule has 4 heteroatoms. The monoisotopic (exact) mass is 163 g/mol. The first-order valence-corrected chi connectivity index (χ1v) is 3.61. The van der Waals surface area contributed by atoms with Crippen LogP contribution in [0.15, 0.2) is 22.4 Å². The van der Waals surface area contributed by atoms with Crippen LogP contribution in [0.1, 0.15) is 0 Å². The molecule has 0 fully saturated rings. The standard InChI is InChI=1S/C5H6ClNOS/c1-8-5-2-4(3-6)9-7-5/h2-3,7H,1H3. The fraction of sp³-hybridized carbons (Fsp3) is 0.200. The molecule has 1 aliphatic heterocycles. The average molecular weight is 164 g/mol. The molecule has 0 radical (unpaired) electrons. The van der Waals surface area contributed by atoms with Gasteiger partial charge in [0.1, 0.15) is 0 Å². The maximum atomic E-state index is 5.41. The minimum absolute atomic E-state index is 0.743. The summed E-state index contributed by atoms with van der Waals surface area (Å²) in [6, 6.07) is 0. The molecule has 0 aromatic rings. The summed E-state index contributed by atoms with van der Waals surface area (Å²) in [6.45, 7) is 0. The summed E-state index contributed by atoms with van der Waals surface area (Å²) < 4.78 is 7.78. The van der Waals surface area contributed by atoms with Gasteiger partial charge >= 0.3 is 0 Å². The molecule has 2 nitrogen and oxygen atoms in total. The van der Waals surface area contributed by atoms with Crippen molar-refractivity contribution in [1.29, 1.82) is 0 Å². The Bertz CT molecular complexity index is 166. The van der Waals surface area contributed by atoms with Gasteiger partial charge in [0.25, 0.3) is 0 Å². The summed E-state index contributed by atoms with van der Waals surface area (Å²) in [7, 11) is 1.61. The van der Waals surface area contributed by atoms with Gasteiger partial charge in [-0.15, -0.1) is 0 Å². The van der Waals surface area contributed by atoms with Crippen LogP contribution in [0.2, 0.25) is 0 Å². The summed E-state index contributed by atoms with van der Waals surface area (Å²) in [6.07, 6.45) is 1.83. The maximum Gasteiger partial charge on any atom is 0.197 e. The van der Waals surface area contributed by atoms with E-state index in [0.29, 0.717) is 0 Å². The Kier molecular flexibility index (Phi) is 2.30. The second-order valence-corrected chi connectivity index (χ2v) is 2.53. The number of ether oxygens (including phenoxy) is 1. The van der Waals surface area contributed by atoms with Crippen LogP contribution < -0.4 is 4.72 Å². The van der Waals surface area contributed by atoms with E-state index in [9.17, 15) is 0 Å². The van der Waals surface area contributed by atoms with Crippen molar-refractivity contribution in [1.82, 2.24) is 4.72 Å². The predicted molar refractivity (Wildman–Crippen MR) is 39.8 cm³/mol. The number of methoxy groups -OCH3 is 1. The molecule has 0 amide bonds. The molecule has 1 aliphatic rings. The number of halogens is 1. The maximum absolute atomic E-state index is 5.41. The van der Waals surface area contributed by atoms with Crippen LogP contribution in [0.25, 0.3) is 0 Å². The zero-order chi connectivity index (χ0) is 6.69. The van der Waals surface area contributed by atoms with Crippen LogP contribution in [0.4, 0.5) is 0 Å². The van der Waals surface area contributed by atoms with Crippen LogP contribution >= 0.6 is 23.5 Å². The molecule has 50 valence electrons. The molecule has 1 N–H and O–H groups in total. The quantitative estimate of drug-likeness (QED) is 0.596. The minimum atomic E-state index is 0.743. The van der Waals surface area contributed by atoms with E-state index in [0.717, 1.165) is 10.8 Å². The minimum Gasteiger partial charge on any atom is -0.482 e. The number of nitrogens with one attached hydrogen (secondary N) is 1. The first-order chi connectivity index (χ1) is 4.36. The van der Waals surface area contributed by atoms with Gasteiger partial charge in [0.05, 0.1) is 7.11 Å². The lowest BCUT2D eigenvalue weighted by atomic mass is 10.6. The number of rotatable bonds is 1. The van der Waals surface area contributed by atoms with Gasteiger partial charge in [0, 0.05) is 16.5 Å². The largest absolute Gasteiger partial charge is 0.482 e. The van der Waals surface area contributed by atoms with Crippen LogP contribution in [0, 0.1) is 0 Å². The molecular formula is C5H6ClNOS. The van der Waals surface area contributed by atoms with E-state index in [1.807, 2.05) is 6.08 Å². The first-order valence-electron chi connectivity index (χ1n) is 2.35. The second-order valence-electron chi connectivity index (χ2n) is 1.43. The van der Waals surface area contributed by atoms with E-state index in [1.165, 1.54) is 17.5 Å². The van der Waals surface area contributed by atoms with Gasteiger partial charge in [-0.3, -0.25) is 4.72 Å². The van der Waals surface area contributed by atoms with Crippen molar-refractivity contribution in [2.45, 2.75) is 0 Å². The molecule has 0 bridgehead atoms. The molecule has 0 atom stereocenters. The fourth-order valence-electron chi connectivity index (χ4n) is 0.452. The molecule has 1 rings (SSSR count). The van der Waals surface area contributed by atoms with E-state index in [4.69, 9.17) is 16.3 Å². The van der Waals surface area contributed by atoms with Crippen molar-refractivity contribution in [2.75, 3.05) is 7.11 Å². The smallest absolute Gasteiger partial charge is 0.197 e. The third-order valence-corrected chi connectivity index (χ3v) is 2.01. The van der Waals surface area contributed by atoms with E-state index in [-0.39, 0.29) is 0 Å². The van der Waals surface area contributed by atoms with Crippen molar-refractivity contribution in [3.8, 4) is 0 Å². The fourth-order valence-corrected chi connectivity index (χ4v) is 1.22. The van der Waals surface area contributed by atoms with Crippen LogP contribution in [-0.4, -0.2) is 7.11 Å². The normalized spacial score (nSPS) is 21.6. The molecule has 0 saturated heterocycles. The van der Waals surface area contributed by atoms with Gasteiger partial charge in [-0.1, -0.05) is 11.6 Å². The van der Waals surface area contributed by atoms with Crippen molar-refractivity contribution < 1.29 is 4.74 Å². The third kappa shape index (κ3) is 1.56. The van der Waals surface area contributed by atoms with Gasteiger partial charge in [-0.05, 0) is 11.9 Å². The zero-order valence-electron chi connectivity index (χ0n) is 4.85. The second kappa shape index (κ2) is 3.03. The topological polar surface area (TPSA) is 21.3 Å². The van der Waals surface area contributed by atoms with E-state index < -0.39 is 0 Å². The molecule has 0 aromatic heterocycles. The van der Waals surface area contributed by atoms with Gasteiger partial charge in [0.15, 0.2) is 5.88 Å². The summed E-state index contributed by atoms with van der Waals surface area (Å²) in [5, 5.41) is 0. The Balaban J connectivity index is 2.61. The van der Waals surface area contributed by atoms with Crippen molar-refractivity contribution >= 4 is 23.5 Å². The average Bonchev–Trinajstić information content (AvgIpc) is 2.34. The van der Waals surface area contributed by atoms with Gasteiger partial charge in [0.2, 0.25) is 0 Å². The summed E-state index contributed by atoms with van der Waals surface area (Å²) in [4.78, 5) is 0.966. The van der Waals surface area contributed by atoms with Crippen LogP contribution in [0.5, 0.6) is 0 Å². The number of hydrogen-bond acceptors (Lipinski definition) is 3. The van der Waals surface area contributed by atoms with Gasteiger partial charge < -0.3 is 4.74 Å². The SMILES string of the molecule is COC1=CC(=CCl)SN1. The first kappa shape index (κ1) is 6.83. The number of allylic oxidation sites excluding steroid dienone is 1. The Morgan fingerprint density at radius 3 is 3.00 bits per heavy atom. The Hall–Kier alpha value is -0.280. The lowest BCUT2D eigenvalue weighted by Crippen LogP contribution is -1.97. The highest BCUT2D eigenvalue weighted by Crippen LogP contribution is 2.23. The molecule has 0 saturated carbocycles. The zero-order valence-corrected chi connectivity index (χ0v) is 6.42. The Morgan fingerprint density at radius 1 is 1.89 bits per heavy atom. The molecule has 0 spiro atoms. The summed E-state index contributed by atoms with van der Waals surface area (Å²) in [5.74, 6) is 0.743. The number of hydrogen-bond donors (Lipinski definition) is 1. The van der Waals surface area contributed by atoms with Crippen LogP contribution in [-0.2, 0) is 4.74 Å². The molecule has 0 aliphatic carbocycles. The molecule has 0 unspecified atom stereocenters. The van der Waals surface area contributed by atoms with Crippen molar-refractivity contribution in [3.05, 3.63) is 22.4 Å². The lowest BCUT2D eigenvalue weighted by molar-refractivity contribution is 0.281. The molecule has 1 heterocycles. The van der Waals surface area contributed by atoms with E-state index >= 15 is 0 Å². The van der Waals surface area contributed by atoms with Crippen LogP contribution in [0.3, 0.4) is 0 Å². The summed E-state index contributed by atoms with van der Waals surface area (Å²) in [5.41, 5.74) is 1.50. The summed E-state index contributed by atoms with van der Waals surface area (Å²) >= 11 is 6.84. The van der Waals surface area contributed by atoms with E-state index in [1.54, 1.807) is 7.11 Å². The highest BCUT2D eigenvalue weighted by atomic mass is 35.5. The Labute approximate surface area is 63.0 Å². The third-order valence-electron chi connectivity index (χ3n) is 0.870. The Morgan fingerprint density at radius 2 is 2.67 bits per heavy atom. The van der Waals surface area contributed by atoms with E-state index in [2.05, 4.69) is 4.72 Å². The molecule has 0 aromatic carbocycles. The molecular weight excluding hydrogens is 158 g/mol. The highest BCUT2D eigenvalue weighted by Gasteiger charge is 2.07. The lowest BCUT2D eigenvalue weighted by Gasteiger charge is -1.96. The van der Waals surface area contributed by atoms with Gasteiger partial charge in [-0.25, -0.2) is 0 Å². The van der Waals surface area contributed by atoms with Crippen molar-refractivity contribution in [3.63, 3.8) is 0 Å². The predicted octanol–water partition coefficient (Wildman–Crippen LogP) is 1.81. The van der Waals surface area contributed by atoms with Crippen molar-refractivity contribution in [2.24, 2.45) is 0 Å². The molecule has 9 heavy (non-hydrogen) atoms. The highest BCUT2D eigenvalue weighted by molar-refractivity contribution is 8.01.